The van der Waals surface area contributed by atoms with E-state index in [0.29, 0.717) is 0 Å². The molecule has 4 heteroatoms. The van der Waals surface area contributed by atoms with Crippen LogP contribution in [0.2, 0.25) is 0 Å². The monoisotopic (exact) mass is 248 g/mol. The maximum Gasteiger partial charge on any atom is 0.265 e. The largest absolute Gasteiger partial charge is 0.482 e. The fourth-order valence-corrected chi connectivity index (χ4v) is 2.28. The van der Waals surface area contributed by atoms with Gasteiger partial charge >= 0.3 is 0 Å². The van der Waals surface area contributed by atoms with Crippen LogP contribution in [0.5, 0.6) is 5.75 Å². The highest BCUT2D eigenvalue weighted by Crippen LogP contribution is 2.34. The Labute approximate surface area is 108 Å². The molecule has 0 fully saturated rings. The van der Waals surface area contributed by atoms with Crippen LogP contribution in [0.4, 0.5) is 5.69 Å². The number of rotatable bonds is 3. The van der Waals surface area contributed by atoms with Gasteiger partial charge in [-0.05, 0) is 44.9 Å². The number of carbonyl (C=O) groups is 1. The van der Waals surface area contributed by atoms with Gasteiger partial charge in [0.15, 0.2) is 6.61 Å². The molecule has 1 amide bonds. The first-order chi connectivity index (χ1) is 8.49. The topological polar surface area (TPSA) is 55.6 Å². The number of carbonyl (C=O) groups excluding carboxylic acids is 1. The molecule has 0 spiro atoms. The van der Waals surface area contributed by atoms with Gasteiger partial charge in [0.1, 0.15) is 5.75 Å². The number of nitrogens with two attached hydrogens (primary N) is 1. The van der Waals surface area contributed by atoms with Gasteiger partial charge < -0.3 is 15.4 Å². The highest BCUT2D eigenvalue weighted by molar-refractivity contribution is 5.98. The van der Waals surface area contributed by atoms with Crippen LogP contribution in [-0.4, -0.2) is 24.6 Å². The van der Waals surface area contributed by atoms with E-state index in [0.717, 1.165) is 23.4 Å². The zero-order chi connectivity index (χ0) is 13.3. The molecule has 1 aromatic rings. The van der Waals surface area contributed by atoms with Crippen molar-refractivity contribution in [2.45, 2.75) is 39.3 Å². The van der Waals surface area contributed by atoms with Gasteiger partial charge in [-0.2, -0.15) is 0 Å². The predicted molar refractivity (Wildman–Crippen MR) is 71.9 cm³/mol. The molecule has 0 aliphatic carbocycles. The third kappa shape index (κ3) is 2.48. The van der Waals surface area contributed by atoms with Gasteiger partial charge in [-0.25, -0.2) is 0 Å². The SMILES string of the molecule is CC(N)Cc1ccc2c(c1)N(C(C)C)C(=O)CO2. The first-order valence-electron chi connectivity index (χ1n) is 6.32. The van der Waals surface area contributed by atoms with Gasteiger partial charge in [-0.1, -0.05) is 6.07 Å². The van der Waals surface area contributed by atoms with Crippen molar-refractivity contribution in [3.05, 3.63) is 23.8 Å². The molecule has 1 unspecified atom stereocenters. The van der Waals surface area contributed by atoms with Gasteiger partial charge in [0, 0.05) is 12.1 Å². The highest BCUT2D eigenvalue weighted by atomic mass is 16.5. The molecule has 1 aliphatic rings. The molecule has 0 saturated heterocycles. The third-order valence-corrected chi connectivity index (χ3v) is 2.98. The van der Waals surface area contributed by atoms with E-state index < -0.39 is 0 Å². The van der Waals surface area contributed by atoms with Crippen molar-refractivity contribution in [1.82, 2.24) is 0 Å². The Hall–Kier alpha value is -1.55. The van der Waals surface area contributed by atoms with Crippen LogP contribution in [0.15, 0.2) is 18.2 Å². The summed E-state index contributed by atoms with van der Waals surface area (Å²) in [5, 5.41) is 0. The first-order valence-corrected chi connectivity index (χ1v) is 6.32. The van der Waals surface area contributed by atoms with Crippen molar-refractivity contribution in [3.8, 4) is 5.75 Å². The van der Waals surface area contributed by atoms with Crippen molar-refractivity contribution in [2.75, 3.05) is 11.5 Å². The van der Waals surface area contributed by atoms with Crippen molar-refractivity contribution >= 4 is 11.6 Å². The molecule has 1 aromatic carbocycles. The molecule has 1 atom stereocenters. The molecule has 1 heterocycles. The summed E-state index contributed by atoms with van der Waals surface area (Å²) in [5.41, 5.74) is 7.80. The molecule has 18 heavy (non-hydrogen) atoms. The molecule has 2 N–H and O–H groups in total. The van der Waals surface area contributed by atoms with Crippen LogP contribution in [0.25, 0.3) is 0 Å². The number of hydrogen-bond acceptors (Lipinski definition) is 3. The quantitative estimate of drug-likeness (QED) is 0.886. The van der Waals surface area contributed by atoms with E-state index in [1.54, 1.807) is 4.90 Å². The summed E-state index contributed by atoms with van der Waals surface area (Å²) in [5.74, 6) is 0.784. The zero-order valence-electron chi connectivity index (χ0n) is 11.1. The van der Waals surface area contributed by atoms with Crippen LogP contribution in [-0.2, 0) is 11.2 Å². The third-order valence-electron chi connectivity index (χ3n) is 2.98. The number of fused-ring (bicyclic) bond motifs is 1. The van der Waals surface area contributed by atoms with Crippen molar-refractivity contribution in [1.29, 1.82) is 0 Å². The minimum Gasteiger partial charge on any atom is -0.482 e. The minimum absolute atomic E-state index is 0.00967. The molecular weight excluding hydrogens is 228 g/mol. The fourth-order valence-electron chi connectivity index (χ4n) is 2.28. The van der Waals surface area contributed by atoms with E-state index >= 15 is 0 Å². The van der Waals surface area contributed by atoms with Gasteiger partial charge in [-0.15, -0.1) is 0 Å². The number of hydrogen-bond donors (Lipinski definition) is 1. The number of anilines is 1. The number of amides is 1. The Morgan fingerprint density at radius 1 is 1.39 bits per heavy atom. The normalized spacial score (nSPS) is 16.5. The second kappa shape index (κ2) is 4.98. The minimum atomic E-state index is 0.00967. The van der Waals surface area contributed by atoms with Crippen LogP contribution >= 0.6 is 0 Å². The van der Waals surface area contributed by atoms with Crippen LogP contribution in [0, 0.1) is 0 Å². The summed E-state index contributed by atoms with van der Waals surface area (Å²) < 4.78 is 5.45. The average molecular weight is 248 g/mol. The number of ether oxygens (including phenoxy) is 1. The summed E-state index contributed by atoms with van der Waals surface area (Å²) in [7, 11) is 0. The lowest BCUT2D eigenvalue weighted by Crippen LogP contribution is -2.43. The molecule has 1 aliphatic heterocycles. The molecule has 2 rings (SSSR count). The van der Waals surface area contributed by atoms with E-state index in [-0.39, 0.29) is 24.6 Å². The molecule has 0 radical (unpaired) electrons. The second-order valence-electron chi connectivity index (χ2n) is 5.13. The second-order valence-corrected chi connectivity index (χ2v) is 5.13. The van der Waals surface area contributed by atoms with E-state index in [9.17, 15) is 4.79 Å². The molecule has 0 aromatic heterocycles. The van der Waals surface area contributed by atoms with Gasteiger partial charge in [0.25, 0.3) is 5.91 Å². The predicted octanol–water partition coefficient (Wildman–Crippen LogP) is 1.71. The number of benzene rings is 1. The molecule has 4 nitrogen and oxygen atoms in total. The molecule has 98 valence electrons. The Bertz CT molecular complexity index is 455. The Balaban J connectivity index is 2.38. The van der Waals surface area contributed by atoms with E-state index in [2.05, 4.69) is 0 Å². The van der Waals surface area contributed by atoms with Crippen molar-refractivity contribution in [2.24, 2.45) is 5.73 Å². The lowest BCUT2D eigenvalue weighted by Gasteiger charge is -2.32. The molecule has 0 bridgehead atoms. The fraction of sp³-hybridized carbons (Fsp3) is 0.500. The highest BCUT2D eigenvalue weighted by Gasteiger charge is 2.27. The zero-order valence-corrected chi connectivity index (χ0v) is 11.1. The van der Waals surface area contributed by atoms with Crippen LogP contribution in [0.3, 0.4) is 0 Å². The maximum atomic E-state index is 11.9. The van der Waals surface area contributed by atoms with Gasteiger partial charge in [-0.3, -0.25) is 4.79 Å². The molecule has 0 saturated carbocycles. The Kier molecular flexibility index (Phi) is 3.57. The summed E-state index contributed by atoms with van der Waals surface area (Å²) in [6.07, 6.45) is 0.799. The van der Waals surface area contributed by atoms with Crippen LogP contribution < -0.4 is 15.4 Å². The van der Waals surface area contributed by atoms with E-state index in [4.69, 9.17) is 10.5 Å². The lowest BCUT2D eigenvalue weighted by atomic mass is 10.0. The summed E-state index contributed by atoms with van der Waals surface area (Å²) in [4.78, 5) is 13.7. The van der Waals surface area contributed by atoms with Gasteiger partial charge in [0.05, 0.1) is 5.69 Å². The summed E-state index contributed by atoms with van der Waals surface area (Å²) >= 11 is 0. The van der Waals surface area contributed by atoms with E-state index in [1.807, 2.05) is 39.0 Å². The first kappa shape index (κ1) is 12.9. The number of nitrogens with zero attached hydrogens (tertiary/aromatic N) is 1. The summed E-state index contributed by atoms with van der Waals surface area (Å²) in [6.45, 7) is 6.11. The standard InChI is InChI=1S/C14H20N2O2/c1-9(2)16-12-7-11(6-10(3)15)4-5-13(12)18-8-14(16)17/h4-5,7,9-10H,6,8,15H2,1-3H3. The molecular formula is C14H20N2O2. The smallest absolute Gasteiger partial charge is 0.265 e. The van der Waals surface area contributed by atoms with Gasteiger partial charge in [0.2, 0.25) is 0 Å². The maximum absolute atomic E-state index is 11.9. The Morgan fingerprint density at radius 3 is 2.72 bits per heavy atom. The summed E-state index contributed by atoms with van der Waals surface area (Å²) in [6, 6.07) is 6.18. The van der Waals surface area contributed by atoms with Crippen LogP contribution in [0.1, 0.15) is 26.3 Å². The van der Waals surface area contributed by atoms with Crippen molar-refractivity contribution in [3.63, 3.8) is 0 Å². The van der Waals surface area contributed by atoms with Crippen molar-refractivity contribution < 1.29 is 9.53 Å². The average Bonchev–Trinajstić information content (AvgIpc) is 2.27. The van der Waals surface area contributed by atoms with E-state index in [1.165, 1.54) is 0 Å². The Morgan fingerprint density at radius 2 is 2.11 bits per heavy atom. The lowest BCUT2D eigenvalue weighted by molar-refractivity contribution is -0.121.